The number of ether oxygens (including phenoxy) is 3. The van der Waals surface area contributed by atoms with Gasteiger partial charge in [-0.1, -0.05) is 5.21 Å². The van der Waals surface area contributed by atoms with Gasteiger partial charge in [-0.05, 0) is 20.8 Å². The van der Waals surface area contributed by atoms with E-state index in [4.69, 9.17) is 29.7 Å². The van der Waals surface area contributed by atoms with Crippen LogP contribution in [0.25, 0.3) is 11.0 Å². The van der Waals surface area contributed by atoms with Gasteiger partial charge in [-0.25, -0.2) is 14.3 Å². The highest BCUT2D eigenvalue weighted by atomic mass is 31.2. The second kappa shape index (κ2) is 13.8. The molecule has 3 heterocycles. The zero-order chi connectivity index (χ0) is 30.4. The minimum absolute atomic E-state index is 0.0143. The van der Waals surface area contributed by atoms with Crippen molar-refractivity contribution in [2.24, 2.45) is 5.73 Å². The Morgan fingerprint density at radius 2 is 2.00 bits per heavy atom. The fourth-order valence-electron chi connectivity index (χ4n) is 3.79. The van der Waals surface area contributed by atoms with Crippen LogP contribution in [0.3, 0.4) is 0 Å². The number of rotatable bonds is 14. The molecule has 2 aromatic heterocycles. The van der Waals surface area contributed by atoms with E-state index in [2.05, 4.69) is 20.5 Å². The van der Waals surface area contributed by atoms with Crippen molar-refractivity contribution in [2.75, 3.05) is 19.8 Å². The second-order valence-corrected chi connectivity index (χ2v) is 10.5. The highest BCUT2D eigenvalue weighted by Gasteiger charge is 2.46. The molecule has 0 aromatic carbocycles. The fourth-order valence-corrected chi connectivity index (χ4v) is 5.26. The Bertz CT molecular complexity index is 1380. The molecule has 6 unspecified atom stereocenters. The number of carbonyl (C=O) groups excluding carboxylic acids is 2. The first-order chi connectivity index (χ1) is 19.4. The Morgan fingerprint density at radius 3 is 2.59 bits per heavy atom. The van der Waals surface area contributed by atoms with Crippen LogP contribution < -0.4 is 16.4 Å². The lowest BCUT2D eigenvalue weighted by atomic mass is 10.1. The summed E-state index contributed by atoms with van der Waals surface area (Å²) in [6.07, 6.45) is -6.43. The van der Waals surface area contributed by atoms with Crippen LogP contribution in [0, 0.1) is 11.3 Å². The number of esters is 1. The molecule has 19 nitrogen and oxygen atoms in total. The van der Waals surface area contributed by atoms with Gasteiger partial charge < -0.3 is 39.8 Å². The Balaban J connectivity index is 1.89. The molecule has 1 saturated heterocycles. The number of hydrogen-bond donors (Lipinski definition) is 5. The summed E-state index contributed by atoms with van der Waals surface area (Å²) < 4.78 is 22.7. The number of aliphatic hydroxyl groups excluding tert-OH is 2. The predicted molar refractivity (Wildman–Crippen MR) is 135 cm³/mol. The third-order valence-electron chi connectivity index (χ3n) is 5.43. The van der Waals surface area contributed by atoms with Crippen LogP contribution in [-0.2, 0) is 34.9 Å². The molecule has 2 aromatic rings. The third kappa shape index (κ3) is 7.18. The Kier molecular flexibility index (Phi) is 10.8. The van der Waals surface area contributed by atoms with Gasteiger partial charge >= 0.3 is 11.9 Å². The normalized spacial score (nSPS) is 22.0. The predicted octanol–water partition coefficient (Wildman–Crippen LogP) is -2.45. The fraction of sp³-hybridized carbons (Fsp3) is 0.619. The smallest absolute Gasteiger partial charge is 0.361 e. The minimum Gasteiger partial charge on any atom is -0.479 e. The van der Waals surface area contributed by atoms with Crippen molar-refractivity contribution in [2.45, 2.75) is 63.7 Å². The molecule has 0 aliphatic carbocycles. The first kappa shape index (κ1) is 31.9. The molecule has 0 spiro atoms. The summed E-state index contributed by atoms with van der Waals surface area (Å²) in [4.78, 5) is 49.2. The second-order valence-electron chi connectivity index (χ2n) is 8.84. The van der Waals surface area contributed by atoms with Gasteiger partial charge in [0.05, 0.1) is 19.3 Å². The van der Waals surface area contributed by atoms with E-state index in [1.165, 1.54) is 0 Å². The molecule has 0 bridgehead atoms. The summed E-state index contributed by atoms with van der Waals surface area (Å²) in [5, 5.41) is 54.1. The van der Waals surface area contributed by atoms with Crippen molar-refractivity contribution in [3.8, 4) is 6.07 Å². The molecule has 6 atom stereocenters. The average Bonchev–Trinajstić information content (AvgIpc) is 3.39. The zero-order valence-electron chi connectivity index (χ0n) is 22.1. The molecular formula is C21H29N8O11P. The summed E-state index contributed by atoms with van der Waals surface area (Å²) in [6.45, 7) is 3.41. The molecule has 0 saturated carbocycles. The van der Waals surface area contributed by atoms with Crippen LogP contribution in [0.5, 0.6) is 0 Å². The highest BCUT2D eigenvalue weighted by molar-refractivity contribution is 7.52. The largest absolute Gasteiger partial charge is 0.479 e. The third-order valence-corrected chi connectivity index (χ3v) is 7.40. The quantitative estimate of drug-likeness (QED) is 0.111. The number of nitrogens with zero attached hydrogens (tertiary/aromatic N) is 6. The number of primary amides is 1. The van der Waals surface area contributed by atoms with Crippen LogP contribution in [0.4, 0.5) is 0 Å². The lowest BCUT2D eigenvalue weighted by Gasteiger charge is -2.26. The van der Waals surface area contributed by atoms with Crippen molar-refractivity contribution in [1.82, 2.24) is 29.9 Å². The summed E-state index contributed by atoms with van der Waals surface area (Å²) in [5.41, 5.74) is 3.16. The molecule has 1 aliphatic rings. The lowest BCUT2D eigenvalue weighted by molar-refractivity contribution is -0.148. The molecule has 224 valence electrons. The topological polar surface area (TPSA) is 276 Å². The van der Waals surface area contributed by atoms with Gasteiger partial charge in [-0.15, -0.1) is 5.10 Å². The Morgan fingerprint density at radius 1 is 1.29 bits per heavy atom. The molecule has 1 amide bonds. The number of hydrogen-bond acceptors (Lipinski definition) is 15. The number of nitrogens with one attached hydrogen (secondary N) is 1. The van der Waals surface area contributed by atoms with Crippen molar-refractivity contribution in [3.05, 3.63) is 16.0 Å². The maximum Gasteiger partial charge on any atom is 0.361 e. The van der Waals surface area contributed by atoms with E-state index in [0.717, 1.165) is 4.68 Å². The van der Waals surface area contributed by atoms with E-state index in [1.54, 1.807) is 26.8 Å². The maximum atomic E-state index is 13.4. The Labute approximate surface area is 232 Å². The molecule has 1 aliphatic heterocycles. The first-order valence-corrected chi connectivity index (χ1v) is 13.5. The summed E-state index contributed by atoms with van der Waals surface area (Å²) in [6, 6.07) is 1.53. The standard InChI is InChI=1S/C21H29N8O11P/c1-4-37-20(36)13-12-14(28(25-13)7-11(23)30)17(33)29(27-24-12)18-16(32)15(31)10(40-18)8-38-21(19(34)35)41(26-9(2)3)39-6-5-22/h9-10,15-16,18,21,26,31-32H,4,6-8H2,1-3H3,(H2,23,30)(H,34,35). The number of fused-ring (bicyclic) bond motifs is 1. The number of aromatic nitrogens is 5. The van der Waals surface area contributed by atoms with Crippen LogP contribution >= 0.6 is 8.30 Å². The van der Waals surface area contributed by atoms with Gasteiger partial charge in [0.25, 0.3) is 5.56 Å². The highest BCUT2D eigenvalue weighted by Crippen LogP contribution is 2.40. The van der Waals surface area contributed by atoms with Crippen LogP contribution in [0.15, 0.2) is 4.79 Å². The number of nitrogens with two attached hydrogens (primary N) is 1. The molecule has 20 heteroatoms. The lowest BCUT2D eigenvalue weighted by Crippen LogP contribution is -2.38. The van der Waals surface area contributed by atoms with Gasteiger partial charge in [-0.3, -0.25) is 14.7 Å². The SMILES string of the molecule is CCOC(=O)c1nn(CC(N)=O)c2c(=O)n(C3OC(COC(C(=O)O)P(NC(C)C)OCC#N)C(O)C3O)nnc12. The van der Waals surface area contributed by atoms with Crippen LogP contribution in [-0.4, -0.2) is 108 Å². The number of carboxylic acid groups (broad SMARTS) is 1. The first-order valence-electron chi connectivity index (χ1n) is 12.1. The maximum absolute atomic E-state index is 13.4. The average molecular weight is 600 g/mol. The van der Waals surface area contributed by atoms with Gasteiger partial charge in [0, 0.05) is 6.04 Å². The minimum atomic E-state index is -2.01. The van der Waals surface area contributed by atoms with Gasteiger partial charge in [-0.2, -0.15) is 15.0 Å². The van der Waals surface area contributed by atoms with Gasteiger partial charge in [0.2, 0.25) is 11.8 Å². The van der Waals surface area contributed by atoms with E-state index >= 15 is 0 Å². The van der Waals surface area contributed by atoms with Crippen LogP contribution in [0.1, 0.15) is 37.5 Å². The summed E-state index contributed by atoms with van der Waals surface area (Å²) >= 11 is 0. The number of aliphatic hydroxyl groups is 2. The molecular weight excluding hydrogens is 571 g/mol. The van der Waals surface area contributed by atoms with E-state index in [-0.39, 0.29) is 23.7 Å². The number of carbonyl (C=O) groups is 3. The van der Waals surface area contributed by atoms with E-state index in [0.29, 0.717) is 4.68 Å². The molecule has 3 rings (SSSR count). The molecule has 0 radical (unpaired) electrons. The van der Waals surface area contributed by atoms with Crippen molar-refractivity contribution in [3.63, 3.8) is 0 Å². The number of aliphatic carboxylic acids is 1. The molecule has 1 fully saturated rings. The van der Waals surface area contributed by atoms with Crippen LogP contribution in [0.2, 0.25) is 0 Å². The summed E-state index contributed by atoms with van der Waals surface area (Å²) in [7, 11) is -2.01. The number of amides is 1. The molecule has 41 heavy (non-hydrogen) atoms. The van der Waals surface area contributed by atoms with Crippen molar-refractivity contribution in [1.29, 1.82) is 5.26 Å². The summed E-state index contributed by atoms with van der Waals surface area (Å²) in [5.74, 6) is -4.83. The monoisotopic (exact) mass is 600 g/mol. The van der Waals surface area contributed by atoms with E-state index in [9.17, 15) is 34.5 Å². The van der Waals surface area contributed by atoms with Gasteiger partial charge in [0.1, 0.15) is 39.8 Å². The van der Waals surface area contributed by atoms with Gasteiger partial charge in [0.15, 0.2) is 23.0 Å². The number of carboxylic acids is 1. The van der Waals surface area contributed by atoms with Crippen molar-refractivity contribution < 1.29 is 48.4 Å². The van der Waals surface area contributed by atoms with Crippen molar-refractivity contribution >= 4 is 37.2 Å². The molecule has 6 N–H and O–H groups in total. The van der Waals surface area contributed by atoms with E-state index in [1.807, 2.05) is 0 Å². The number of nitriles is 1. The zero-order valence-corrected chi connectivity index (χ0v) is 23.0. The van der Waals surface area contributed by atoms with E-state index < -0.39 is 87.5 Å². The Hall–Kier alpha value is -3.63.